The fourth-order valence-electron chi connectivity index (χ4n) is 2.67. The largest absolute Gasteiger partial charge is 0.447 e. The summed E-state index contributed by atoms with van der Waals surface area (Å²) in [5.74, 6) is -2.94. The zero-order chi connectivity index (χ0) is 21.7. The van der Waals surface area contributed by atoms with Crippen LogP contribution >= 0.6 is 0 Å². The Bertz CT molecular complexity index is 934. The number of rotatable bonds is 6. The Hall–Kier alpha value is -3.49. The topological polar surface area (TPSA) is 119 Å². The lowest BCUT2D eigenvalue weighted by atomic mass is 10.1. The number of benzene rings is 1. The number of carbonyl (C=O) groups is 4. The number of carbonyl (C=O) groups excluding carboxylic acids is 4. The quantitative estimate of drug-likeness (QED) is 0.434. The number of Topliss-reactive ketones (excluding diaryl/α,β-unsaturated/α-hetero) is 1. The van der Waals surface area contributed by atoms with Crippen molar-refractivity contribution < 1.29 is 23.9 Å². The predicted octanol–water partition coefficient (Wildman–Crippen LogP) is 1.84. The number of urea groups is 1. The van der Waals surface area contributed by atoms with Crippen LogP contribution in [0.2, 0.25) is 0 Å². The first-order valence-electron chi connectivity index (χ1n) is 9.10. The highest BCUT2D eigenvalue weighted by Gasteiger charge is 2.29. The van der Waals surface area contributed by atoms with Crippen LogP contribution in [0.3, 0.4) is 0 Å². The van der Waals surface area contributed by atoms with E-state index in [1.165, 1.54) is 6.92 Å². The Kier molecular flexibility index (Phi) is 6.87. The van der Waals surface area contributed by atoms with Crippen LogP contribution in [0.25, 0.3) is 5.69 Å². The van der Waals surface area contributed by atoms with E-state index in [2.05, 4.69) is 10.4 Å². The van der Waals surface area contributed by atoms with Crippen molar-refractivity contribution in [2.24, 2.45) is 0 Å². The number of hydrogen-bond acceptors (Lipinski definition) is 6. The van der Waals surface area contributed by atoms with Crippen LogP contribution < -0.4 is 10.6 Å². The lowest BCUT2D eigenvalue weighted by Crippen LogP contribution is -2.47. The molecule has 3 amide bonds. The number of nitrogens with one attached hydrogen (secondary N) is 2. The maximum atomic E-state index is 12.6. The van der Waals surface area contributed by atoms with Crippen molar-refractivity contribution in [1.29, 1.82) is 0 Å². The molecule has 154 valence electrons. The Morgan fingerprint density at radius 3 is 2.24 bits per heavy atom. The van der Waals surface area contributed by atoms with E-state index < -0.39 is 29.8 Å². The molecule has 0 aliphatic carbocycles. The minimum absolute atomic E-state index is 0.115. The third-order valence-electron chi connectivity index (χ3n) is 4.01. The van der Waals surface area contributed by atoms with Crippen LogP contribution in [0.1, 0.15) is 42.5 Å². The highest BCUT2D eigenvalue weighted by molar-refractivity contribution is 6.41. The summed E-state index contributed by atoms with van der Waals surface area (Å²) in [6, 6.07) is 8.27. The summed E-state index contributed by atoms with van der Waals surface area (Å²) >= 11 is 0. The lowest BCUT2D eigenvalue weighted by molar-refractivity contribution is -0.149. The molecule has 9 heteroatoms. The molecule has 1 heterocycles. The molecule has 0 fully saturated rings. The van der Waals surface area contributed by atoms with Gasteiger partial charge in [0, 0.05) is 6.04 Å². The Balaban J connectivity index is 2.11. The normalized spacial score (nSPS) is 11.7. The first-order chi connectivity index (χ1) is 13.6. The van der Waals surface area contributed by atoms with E-state index in [1.54, 1.807) is 32.4 Å². The molecule has 1 aromatic heterocycles. The Morgan fingerprint density at radius 2 is 1.66 bits per heavy atom. The van der Waals surface area contributed by atoms with Gasteiger partial charge in [-0.1, -0.05) is 18.2 Å². The second-order valence-electron chi connectivity index (χ2n) is 6.79. The van der Waals surface area contributed by atoms with Crippen molar-refractivity contribution in [3.63, 3.8) is 0 Å². The highest BCUT2D eigenvalue weighted by atomic mass is 16.6. The molecule has 0 radical (unpaired) electrons. The number of aryl methyl sites for hydroxylation is 1. The van der Waals surface area contributed by atoms with Gasteiger partial charge >= 0.3 is 12.0 Å². The molecule has 1 atom stereocenters. The molecule has 0 bridgehead atoms. The summed E-state index contributed by atoms with van der Waals surface area (Å²) < 4.78 is 6.50. The molecule has 29 heavy (non-hydrogen) atoms. The van der Waals surface area contributed by atoms with Crippen LogP contribution in [-0.2, 0) is 14.3 Å². The fraction of sp³-hybridized carbons (Fsp3) is 0.350. The maximum Gasteiger partial charge on any atom is 0.380 e. The van der Waals surface area contributed by atoms with Crippen molar-refractivity contribution in [2.45, 2.75) is 46.8 Å². The number of hydrogen-bond donors (Lipinski definition) is 2. The number of nitrogens with zero attached hydrogens (tertiary/aromatic N) is 2. The SMILES string of the molecule is Cc1nn(-c2ccccc2)c(C)c1C(=O)C(=O)OC(C)C(=O)NC(=O)NC(C)C. The van der Waals surface area contributed by atoms with E-state index in [4.69, 9.17) is 4.74 Å². The van der Waals surface area contributed by atoms with E-state index in [0.717, 1.165) is 5.69 Å². The minimum Gasteiger partial charge on any atom is -0.447 e. The van der Waals surface area contributed by atoms with Gasteiger partial charge in [0.05, 0.1) is 22.6 Å². The maximum absolute atomic E-state index is 12.6. The summed E-state index contributed by atoms with van der Waals surface area (Å²) in [6.45, 7) is 8.01. The second kappa shape index (κ2) is 9.13. The van der Waals surface area contributed by atoms with Crippen LogP contribution in [-0.4, -0.2) is 45.6 Å². The summed E-state index contributed by atoms with van der Waals surface area (Å²) in [4.78, 5) is 48.5. The van der Waals surface area contributed by atoms with Crippen molar-refractivity contribution in [3.05, 3.63) is 47.3 Å². The van der Waals surface area contributed by atoms with Gasteiger partial charge in [0.15, 0.2) is 6.10 Å². The third kappa shape index (κ3) is 5.28. The standard InChI is InChI=1S/C20H24N4O5/c1-11(2)21-20(28)22-18(26)14(5)29-19(27)17(25)16-12(3)23-24(13(16)4)15-9-7-6-8-10-15/h6-11,14H,1-5H3,(H2,21,22,26,28). The molecule has 0 saturated carbocycles. The van der Waals surface area contributed by atoms with Gasteiger partial charge in [0.2, 0.25) is 0 Å². The van der Waals surface area contributed by atoms with E-state index in [1.807, 2.05) is 35.6 Å². The summed E-state index contributed by atoms with van der Waals surface area (Å²) in [5, 5.41) is 8.84. The zero-order valence-electron chi connectivity index (χ0n) is 17.0. The van der Waals surface area contributed by atoms with Gasteiger partial charge in [-0.05, 0) is 46.8 Å². The van der Waals surface area contributed by atoms with Gasteiger partial charge < -0.3 is 10.1 Å². The molecule has 2 aromatic rings. The van der Waals surface area contributed by atoms with Crippen molar-refractivity contribution >= 4 is 23.7 Å². The Morgan fingerprint density at radius 1 is 1.03 bits per heavy atom. The van der Waals surface area contributed by atoms with Gasteiger partial charge in [-0.15, -0.1) is 0 Å². The van der Waals surface area contributed by atoms with E-state index >= 15 is 0 Å². The van der Waals surface area contributed by atoms with Gasteiger partial charge in [0.1, 0.15) is 0 Å². The minimum atomic E-state index is -1.32. The summed E-state index contributed by atoms with van der Waals surface area (Å²) in [5.41, 5.74) is 1.69. The molecule has 2 N–H and O–H groups in total. The smallest absolute Gasteiger partial charge is 0.380 e. The van der Waals surface area contributed by atoms with Crippen LogP contribution in [0.5, 0.6) is 0 Å². The van der Waals surface area contributed by atoms with Crippen LogP contribution in [0, 0.1) is 13.8 Å². The number of aromatic nitrogens is 2. The number of esters is 1. The predicted molar refractivity (Wildman–Crippen MR) is 105 cm³/mol. The van der Waals surface area contributed by atoms with Crippen molar-refractivity contribution in [2.75, 3.05) is 0 Å². The highest BCUT2D eigenvalue weighted by Crippen LogP contribution is 2.19. The van der Waals surface area contributed by atoms with Crippen molar-refractivity contribution in [3.8, 4) is 5.69 Å². The Labute approximate surface area is 168 Å². The van der Waals surface area contributed by atoms with E-state index in [0.29, 0.717) is 11.4 Å². The number of imide groups is 1. The molecule has 9 nitrogen and oxygen atoms in total. The van der Waals surface area contributed by atoms with E-state index in [-0.39, 0.29) is 11.6 Å². The van der Waals surface area contributed by atoms with Crippen LogP contribution in [0.15, 0.2) is 30.3 Å². The molecular formula is C20H24N4O5. The molecule has 0 aliphatic heterocycles. The number of ether oxygens (including phenoxy) is 1. The summed E-state index contributed by atoms with van der Waals surface area (Å²) in [7, 11) is 0. The molecule has 0 aliphatic rings. The van der Waals surface area contributed by atoms with Gasteiger partial charge in [0.25, 0.3) is 11.7 Å². The van der Waals surface area contributed by atoms with Crippen LogP contribution in [0.4, 0.5) is 4.79 Å². The lowest BCUT2D eigenvalue weighted by Gasteiger charge is -2.14. The van der Waals surface area contributed by atoms with E-state index in [9.17, 15) is 19.2 Å². The number of ketones is 1. The third-order valence-corrected chi connectivity index (χ3v) is 4.01. The molecule has 1 aromatic carbocycles. The second-order valence-corrected chi connectivity index (χ2v) is 6.79. The molecular weight excluding hydrogens is 376 g/mol. The molecule has 1 unspecified atom stereocenters. The first kappa shape index (κ1) is 21.8. The molecule has 0 saturated heterocycles. The van der Waals surface area contributed by atoms with Gasteiger partial charge in [-0.3, -0.25) is 14.9 Å². The molecule has 0 spiro atoms. The number of amides is 3. The number of para-hydroxylation sites is 1. The van der Waals surface area contributed by atoms with Crippen molar-refractivity contribution in [1.82, 2.24) is 20.4 Å². The fourth-order valence-corrected chi connectivity index (χ4v) is 2.67. The molecule has 2 rings (SSSR count). The summed E-state index contributed by atoms with van der Waals surface area (Å²) in [6.07, 6.45) is -1.32. The average molecular weight is 400 g/mol. The van der Waals surface area contributed by atoms with Gasteiger partial charge in [-0.2, -0.15) is 5.10 Å². The monoisotopic (exact) mass is 400 g/mol. The van der Waals surface area contributed by atoms with Gasteiger partial charge in [-0.25, -0.2) is 14.3 Å². The average Bonchev–Trinajstić information content (AvgIpc) is 2.95. The zero-order valence-corrected chi connectivity index (χ0v) is 17.0. The first-order valence-corrected chi connectivity index (χ1v) is 9.10.